The second-order valence-corrected chi connectivity index (χ2v) is 9.21. The highest BCUT2D eigenvalue weighted by molar-refractivity contribution is 7.76. The van der Waals surface area contributed by atoms with Gasteiger partial charge < -0.3 is 9.84 Å². The van der Waals surface area contributed by atoms with Crippen molar-refractivity contribution < 1.29 is 27.8 Å². The van der Waals surface area contributed by atoms with Gasteiger partial charge >= 0.3 is 5.97 Å². The Labute approximate surface area is 211 Å². The smallest absolute Gasteiger partial charge is 0.335 e. The van der Waals surface area contributed by atoms with Crippen LogP contribution in [-0.2, 0) is 24.4 Å². The first-order valence-electron chi connectivity index (χ1n) is 11.1. The molecule has 0 heterocycles. The number of carboxylic acids is 1. The fraction of sp³-hybridized carbons (Fsp3) is 0.107. The van der Waals surface area contributed by atoms with Crippen molar-refractivity contribution in [3.8, 4) is 22.6 Å². The Morgan fingerprint density at radius 1 is 0.917 bits per heavy atom. The highest BCUT2D eigenvalue weighted by Crippen LogP contribution is 2.30. The van der Waals surface area contributed by atoms with E-state index in [9.17, 15) is 13.6 Å². The molecule has 0 aliphatic carbocycles. The van der Waals surface area contributed by atoms with Crippen LogP contribution < -0.4 is 4.74 Å². The van der Waals surface area contributed by atoms with Crippen LogP contribution in [0.25, 0.3) is 11.1 Å². The van der Waals surface area contributed by atoms with Gasteiger partial charge in [0, 0.05) is 18.7 Å². The lowest BCUT2D eigenvalue weighted by Crippen LogP contribution is -2.25. The van der Waals surface area contributed by atoms with Gasteiger partial charge in [-0.25, -0.2) is 13.4 Å². The number of halogens is 1. The fourth-order valence-corrected chi connectivity index (χ4v) is 4.26. The number of rotatable bonds is 9. The van der Waals surface area contributed by atoms with Crippen molar-refractivity contribution in [2.45, 2.75) is 20.0 Å². The van der Waals surface area contributed by atoms with Crippen molar-refractivity contribution in [2.75, 3.05) is 0 Å². The van der Waals surface area contributed by atoms with Crippen molar-refractivity contribution >= 4 is 17.2 Å². The van der Waals surface area contributed by atoms with Gasteiger partial charge in [-0.2, -0.15) is 4.31 Å². The van der Waals surface area contributed by atoms with E-state index in [-0.39, 0.29) is 18.7 Å². The van der Waals surface area contributed by atoms with E-state index in [0.717, 1.165) is 5.56 Å². The van der Waals surface area contributed by atoms with E-state index in [4.69, 9.17) is 9.84 Å². The van der Waals surface area contributed by atoms with E-state index < -0.39 is 23.1 Å². The van der Waals surface area contributed by atoms with Gasteiger partial charge in [-0.05, 0) is 77.7 Å². The van der Waals surface area contributed by atoms with E-state index in [1.165, 1.54) is 22.5 Å². The Morgan fingerprint density at radius 2 is 1.56 bits per heavy atom. The molecule has 0 aliphatic heterocycles. The number of carbonyl (C=O) groups is 1. The van der Waals surface area contributed by atoms with Crippen LogP contribution in [0.3, 0.4) is 0 Å². The number of ether oxygens (including phenoxy) is 1. The Morgan fingerprint density at radius 3 is 2.17 bits per heavy atom. The van der Waals surface area contributed by atoms with Crippen LogP contribution in [0.15, 0.2) is 91.0 Å². The van der Waals surface area contributed by atoms with Crippen LogP contribution in [0.5, 0.6) is 11.5 Å². The number of aromatic carboxylic acids is 1. The molecule has 2 N–H and O–H groups in total. The van der Waals surface area contributed by atoms with Crippen molar-refractivity contribution in [1.82, 2.24) is 4.31 Å². The van der Waals surface area contributed by atoms with Gasteiger partial charge in [0.15, 0.2) is 0 Å². The molecule has 0 saturated heterocycles. The molecule has 4 rings (SSSR count). The highest BCUT2D eigenvalue weighted by Gasteiger charge is 2.17. The van der Waals surface area contributed by atoms with Crippen LogP contribution in [0.1, 0.15) is 27.0 Å². The number of carboxylic acid groups (broad SMARTS) is 1. The van der Waals surface area contributed by atoms with Gasteiger partial charge in [0.2, 0.25) is 11.3 Å². The van der Waals surface area contributed by atoms with E-state index >= 15 is 4.39 Å². The summed E-state index contributed by atoms with van der Waals surface area (Å²) in [7, 11) is 0. The summed E-state index contributed by atoms with van der Waals surface area (Å²) in [6.45, 7) is 1.96. The van der Waals surface area contributed by atoms with Crippen LogP contribution in [0.4, 0.5) is 4.39 Å². The van der Waals surface area contributed by atoms with Gasteiger partial charge in [0.05, 0.1) is 5.56 Å². The largest absolute Gasteiger partial charge is 0.478 e. The Hall–Kier alpha value is -3.85. The summed E-state index contributed by atoms with van der Waals surface area (Å²) >= 11 is -2.31. The minimum atomic E-state index is -2.31. The first kappa shape index (κ1) is 25.2. The Kier molecular flexibility index (Phi) is 7.90. The first-order chi connectivity index (χ1) is 17.3. The number of nitrogens with zero attached hydrogens (tertiary/aromatic N) is 1. The molecular weight excluding hydrogens is 481 g/mol. The van der Waals surface area contributed by atoms with Crippen LogP contribution >= 0.6 is 0 Å². The highest BCUT2D eigenvalue weighted by atomic mass is 32.2. The molecule has 4 aromatic carbocycles. The molecule has 0 spiro atoms. The van der Waals surface area contributed by atoms with Gasteiger partial charge in [-0.1, -0.05) is 42.5 Å². The summed E-state index contributed by atoms with van der Waals surface area (Å²) in [5.74, 6) is -0.146. The van der Waals surface area contributed by atoms with Crippen molar-refractivity contribution in [1.29, 1.82) is 0 Å². The summed E-state index contributed by atoms with van der Waals surface area (Å²) in [5, 5.41) is 9.03. The van der Waals surface area contributed by atoms with Crippen LogP contribution in [0.2, 0.25) is 0 Å². The number of hydrogen-bond acceptors (Lipinski definition) is 3. The van der Waals surface area contributed by atoms with E-state index in [0.29, 0.717) is 33.8 Å². The van der Waals surface area contributed by atoms with Crippen LogP contribution in [-0.4, -0.2) is 24.1 Å². The van der Waals surface area contributed by atoms with E-state index in [2.05, 4.69) is 0 Å². The zero-order chi connectivity index (χ0) is 25.7. The average molecular weight is 506 g/mol. The number of para-hydroxylation sites is 1. The van der Waals surface area contributed by atoms with Gasteiger partial charge in [-0.3, -0.25) is 4.55 Å². The maximum Gasteiger partial charge on any atom is 0.335 e. The predicted octanol–water partition coefficient (Wildman–Crippen LogP) is 6.43. The zero-order valence-corrected chi connectivity index (χ0v) is 20.2. The number of aryl methyl sites for hydroxylation is 1. The van der Waals surface area contributed by atoms with Crippen LogP contribution in [0, 0.1) is 12.7 Å². The van der Waals surface area contributed by atoms with Gasteiger partial charge in [0.1, 0.15) is 17.3 Å². The lowest BCUT2D eigenvalue weighted by Gasteiger charge is -2.20. The minimum Gasteiger partial charge on any atom is -0.478 e. The Balaban J connectivity index is 1.50. The normalized spacial score (nSPS) is 11.9. The molecule has 0 aliphatic rings. The molecule has 0 saturated carbocycles. The summed E-state index contributed by atoms with van der Waals surface area (Å²) in [4.78, 5) is 11.0. The first-order valence-corrected chi connectivity index (χ1v) is 12.2. The molecule has 4 aromatic rings. The summed E-state index contributed by atoms with van der Waals surface area (Å²) < 4.78 is 44.0. The summed E-state index contributed by atoms with van der Waals surface area (Å²) in [6, 6.07) is 25.6. The minimum absolute atomic E-state index is 0.0384. The molecule has 0 aromatic heterocycles. The molecule has 8 heteroatoms. The number of benzene rings is 4. The molecule has 1 atom stereocenters. The number of hydrogen-bond donors (Lipinski definition) is 2. The SMILES string of the molecule is Cc1cc(-c2ccc(Oc3ccccc3)cc2)c(F)cc1CN(Cc1ccc(C(=O)O)cc1)S(=O)O. The Bertz CT molecular complexity index is 1380. The fourth-order valence-electron chi connectivity index (χ4n) is 3.75. The van der Waals surface area contributed by atoms with E-state index in [1.807, 2.05) is 37.3 Å². The molecule has 36 heavy (non-hydrogen) atoms. The lowest BCUT2D eigenvalue weighted by molar-refractivity contribution is 0.0697. The maximum atomic E-state index is 15.1. The van der Waals surface area contributed by atoms with Gasteiger partial charge in [0.25, 0.3) is 0 Å². The van der Waals surface area contributed by atoms with Crippen molar-refractivity contribution in [3.63, 3.8) is 0 Å². The lowest BCUT2D eigenvalue weighted by atomic mass is 9.99. The quantitative estimate of drug-likeness (QED) is 0.256. The molecule has 0 bridgehead atoms. The topological polar surface area (TPSA) is 87.1 Å². The monoisotopic (exact) mass is 505 g/mol. The van der Waals surface area contributed by atoms with Crippen molar-refractivity contribution in [3.05, 3.63) is 119 Å². The molecule has 0 radical (unpaired) electrons. The standard InChI is InChI=1S/C28H24FNO5S/c1-19-15-26(21-11-13-25(14-12-21)35-24-5-3-2-4-6-24)27(29)16-23(19)18-30(36(33)34)17-20-7-9-22(10-8-20)28(31)32/h2-16H,17-18H2,1H3,(H,31,32)(H,33,34). The second kappa shape index (κ2) is 11.3. The molecular formula is C28H24FNO5S. The summed E-state index contributed by atoms with van der Waals surface area (Å²) in [5.41, 5.74) is 3.24. The van der Waals surface area contributed by atoms with Gasteiger partial charge in [-0.15, -0.1) is 0 Å². The molecule has 0 fully saturated rings. The predicted molar refractivity (Wildman–Crippen MR) is 137 cm³/mol. The maximum absolute atomic E-state index is 15.1. The molecule has 0 amide bonds. The van der Waals surface area contributed by atoms with E-state index in [1.54, 1.807) is 42.5 Å². The second-order valence-electron chi connectivity index (χ2n) is 8.23. The average Bonchev–Trinajstić information content (AvgIpc) is 2.87. The molecule has 184 valence electrons. The molecule has 1 unspecified atom stereocenters. The van der Waals surface area contributed by atoms with Crippen molar-refractivity contribution in [2.24, 2.45) is 0 Å². The third-order valence-electron chi connectivity index (χ3n) is 5.70. The third-order valence-corrected chi connectivity index (χ3v) is 6.40. The molecule has 6 nitrogen and oxygen atoms in total. The zero-order valence-electron chi connectivity index (χ0n) is 19.4. The third kappa shape index (κ3) is 6.23. The summed E-state index contributed by atoms with van der Waals surface area (Å²) in [6.07, 6.45) is 0.